The molecule has 0 atom stereocenters. The average molecular weight is 525 g/mol. The summed E-state index contributed by atoms with van der Waals surface area (Å²) in [6, 6.07) is 21.5. The zero-order valence-electron chi connectivity index (χ0n) is 21.1. The Balaban J connectivity index is 1.50. The van der Waals surface area contributed by atoms with Gasteiger partial charge in [0.1, 0.15) is 11.5 Å². The number of aromatic nitrogens is 1. The van der Waals surface area contributed by atoms with Gasteiger partial charge in [0.2, 0.25) is 5.91 Å². The highest BCUT2D eigenvalue weighted by molar-refractivity contribution is 6.08. The summed E-state index contributed by atoms with van der Waals surface area (Å²) < 4.78 is 1.82. The van der Waals surface area contributed by atoms with Crippen molar-refractivity contribution in [2.75, 3.05) is 23.3 Å². The van der Waals surface area contributed by atoms with Crippen LogP contribution in [-0.4, -0.2) is 46.5 Å². The molecule has 0 unspecified atom stereocenters. The summed E-state index contributed by atoms with van der Waals surface area (Å²) in [5.41, 5.74) is 15.8. The Hall–Kier alpha value is -5.12. The smallest absolute Gasteiger partial charge is 0.433 e. The lowest BCUT2D eigenvalue weighted by atomic mass is 10.1. The first-order chi connectivity index (χ1) is 18.8. The van der Waals surface area contributed by atoms with Gasteiger partial charge in [-0.1, -0.05) is 24.3 Å². The fourth-order valence-electron chi connectivity index (χ4n) is 4.82. The summed E-state index contributed by atoms with van der Waals surface area (Å²) in [6.07, 6.45) is 0.974. The van der Waals surface area contributed by atoms with Crippen LogP contribution >= 0.6 is 0 Å². The van der Waals surface area contributed by atoms with Crippen molar-refractivity contribution in [3.05, 3.63) is 95.2 Å². The van der Waals surface area contributed by atoms with Crippen LogP contribution < -0.4 is 21.7 Å². The zero-order chi connectivity index (χ0) is 27.5. The van der Waals surface area contributed by atoms with Crippen molar-refractivity contribution < 1.29 is 19.5 Å². The minimum atomic E-state index is -1.40. The number of nitrogens with zero attached hydrogens (tertiary/aromatic N) is 3. The van der Waals surface area contributed by atoms with Crippen LogP contribution in [0.4, 0.5) is 16.2 Å². The van der Waals surface area contributed by atoms with E-state index in [9.17, 15) is 14.4 Å². The third-order valence-corrected chi connectivity index (χ3v) is 6.82. The summed E-state index contributed by atoms with van der Waals surface area (Å²) in [7, 11) is 0. The van der Waals surface area contributed by atoms with Crippen LogP contribution in [0, 0.1) is 0 Å². The second kappa shape index (κ2) is 10.7. The van der Waals surface area contributed by atoms with Crippen molar-refractivity contribution in [3.63, 3.8) is 0 Å². The van der Waals surface area contributed by atoms with Gasteiger partial charge in [0.25, 0.3) is 5.91 Å². The number of nitrogens with one attached hydrogen (secondary N) is 1. The number of carboxylic acid groups (broad SMARTS) is 1. The Labute approximate surface area is 224 Å². The molecule has 0 spiro atoms. The lowest BCUT2D eigenvalue weighted by Gasteiger charge is -2.18. The number of primary amides is 1. The lowest BCUT2D eigenvalue weighted by molar-refractivity contribution is 0.0996. The number of carbonyl (C=O) groups is 3. The molecule has 1 saturated heterocycles. The molecule has 0 aliphatic carbocycles. The number of benzene rings is 3. The summed E-state index contributed by atoms with van der Waals surface area (Å²) in [5, 5.41) is 12.8. The van der Waals surface area contributed by atoms with Crippen molar-refractivity contribution in [2.24, 2.45) is 16.5 Å². The lowest BCUT2D eigenvalue weighted by Crippen LogP contribution is -2.19. The van der Waals surface area contributed by atoms with Gasteiger partial charge >= 0.3 is 6.09 Å². The fourth-order valence-corrected chi connectivity index (χ4v) is 4.82. The Morgan fingerprint density at radius 1 is 0.872 bits per heavy atom. The molecule has 0 radical (unpaired) electrons. The monoisotopic (exact) mass is 524 g/mol. The van der Waals surface area contributed by atoms with Crippen LogP contribution in [0.2, 0.25) is 0 Å². The molecule has 6 N–H and O–H groups in total. The number of hydrogen-bond donors (Lipinski definition) is 4. The van der Waals surface area contributed by atoms with Gasteiger partial charge in [-0.15, -0.1) is 0 Å². The maximum Gasteiger partial charge on any atom is 0.433 e. The number of hydrogen-bond acceptors (Lipinski definition) is 4. The van der Waals surface area contributed by atoms with E-state index in [0.717, 1.165) is 29.7 Å². The Bertz CT molecular complexity index is 1580. The molecule has 198 valence electrons. The minimum Gasteiger partial charge on any atom is -0.463 e. The van der Waals surface area contributed by atoms with Gasteiger partial charge in [0.15, 0.2) is 0 Å². The highest BCUT2D eigenvalue weighted by Crippen LogP contribution is 2.26. The van der Waals surface area contributed by atoms with E-state index in [1.165, 1.54) is 12.8 Å². The number of fused-ring (bicyclic) bond motifs is 1. The molecule has 4 aromatic rings. The second-order valence-electron chi connectivity index (χ2n) is 9.43. The molecule has 5 rings (SSSR count). The number of anilines is 2. The highest BCUT2D eigenvalue weighted by atomic mass is 16.4. The van der Waals surface area contributed by atoms with Gasteiger partial charge < -0.3 is 31.4 Å². The van der Waals surface area contributed by atoms with Crippen LogP contribution in [0.25, 0.3) is 10.9 Å². The molecule has 2 heterocycles. The molecule has 1 aromatic heterocycles. The van der Waals surface area contributed by atoms with Crippen LogP contribution in [0.15, 0.2) is 77.8 Å². The minimum absolute atomic E-state index is 0.146. The van der Waals surface area contributed by atoms with Gasteiger partial charge in [-0.25, -0.2) is 4.79 Å². The van der Waals surface area contributed by atoms with Crippen LogP contribution in [0.3, 0.4) is 0 Å². The van der Waals surface area contributed by atoms with Gasteiger partial charge in [-0.3, -0.25) is 9.59 Å². The first-order valence-corrected chi connectivity index (χ1v) is 12.5. The third-order valence-electron chi connectivity index (χ3n) is 6.82. The molecule has 10 heteroatoms. The number of rotatable bonds is 7. The summed E-state index contributed by atoms with van der Waals surface area (Å²) in [6.45, 7) is 2.38. The van der Waals surface area contributed by atoms with E-state index in [2.05, 4.69) is 15.2 Å². The summed E-state index contributed by atoms with van der Waals surface area (Å²) in [4.78, 5) is 41.8. The Kier molecular flexibility index (Phi) is 7.00. The molecule has 39 heavy (non-hydrogen) atoms. The molecule has 1 fully saturated rings. The van der Waals surface area contributed by atoms with Crippen molar-refractivity contribution in [1.82, 2.24) is 4.57 Å². The Morgan fingerprint density at radius 2 is 1.54 bits per heavy atom. The van der Waals surface area contributed by atoms with Crippen molar-refractivity contribution in [3.8, 4) is 0 Å². The molecule has 10 nitrogen and oxygen atoms in total. The van der Waals surface area contributed by atoms with Crippen LogP contribution in [0.5, 0.6) is 0 Å². The number of carbonyl (C=O) groups excluding carboxylic acids is 2. The maximum absolute atomic E-state index is 13.5. The number of nitrogens with two attached hydrogens (primary N) is 2. The molecule has 3 amide bonds. The van der Waals surface area contributed by atoms with Gasteiger partial charge in [-0.05, 0) is 66.9 Å². The van der Waals surface area contributed by atoms with Crippen molar-refractivity contribution >= 4 is 46.0 Å². The number of amidine groups is 1. The number of amides is 3. The van der Waals surface area contributed by atoms with E-state index in [1.54, 1.807) is 48.5 Å². The zero-order valence-corrected chi connectivity index (χ0v) is 21.1. The molecule has 0 saturated carbocycles. The molecular formula is C29H28N6O4. The van der Waals surface area contributed by atoms with E-state index in [1.807, 2.05) is 28.8 Å². The number of aliphatic imine (C=N–C) groups is 1. The molecule has 3 aromatic carbocycles. The second-order valence-corrected chi connectivity index (χ2v) is 9.43. The normalized spacial score (nSPS) is 13.5. The average Bonchev–Trinajstić information content (AvgIpc) is 3.58. The molecule has 1 aliphatic rings. The first-order valence-electron chi connectivity index (χ1n) is 12.5. The van der Waals surface area contributed by atoms with E-state index in [4.69, 9.17) is 16.6 Å². The van der Waals surface area contributed by atoms with Crippen molar-refractivity contribution in [1.29, 1.82) is 0 Å². The molecule has 1 aliphatic heterocycles. The highest BCUT2D eigenvalue weighted by Gasteiger charge is 2.18. The largest absolute Gasteiger partial charge is 0.463 e. The quantitative estimate of drug-likeness (QED) is 0.211. The topological polar surface area (TPSA) is 156 Å². The van der Waals surface area contributed by atoms with Crippen molar-refractivity contribution in [2.45, 2.75) is 19.4 Å². The maximum atomic E-state index is 13.5. The predicted octanol–water partition coefficient (Wildman–Crippen LogP) is 4.02. The standard InChI is InChI=1S/C29H28N6O4/c30-26(33-29(38)39)21-8-7-20-15-25(28(37)32-22-9-11-23(12-10-22)34-13-1-2-14-34)35(24(20)16-21)17-18-3-5-19(6-4-18)27(31)36/h3-12,15-16H,1-2,13-14,17H2,(H2,30,33)(H2,31,36)(H,32,37)(H,38,39). The third kappa shape index (κ3) is 5.59. The molecular weight excluding hydrogens is 496 g/mol. The van der Waals surface area contributed by atoms with E-state index >= 15 is 0 Å². The van der Waals surface area contributed by atoms with Crippen LogP contribution in [-0.2, 0) is 6.54 Å². The van der Waals surface area contributed by atoms with Gasteiger partial charge in [-0.2, -0.15) is 4.99 Å². The van der Waals surface area contributed by atoms with Gasteiger partial charge in [0, 0.05) is 53.0 Å². The van der Waals surface area contributed by atoms with E-state index in [0.29, 0.717) is 34.6 Å². The first kappa shape index (κ1) is 25.5. The van der Waals surface area contributed by atoms with Crippen LogP contribution in [0.1, 0.15) is 44.8 Å². The SMILES string of the molecule is NC(=O)c1ccc(Cn2c(C(=O)Nc3ccc(N4CCCC4)cc3)cc3ccc(C(N)=NC(=O)O)cc32)cc1. The van der Waals surface area contributed by atoms with Gasteiger partial charge in [0.05, 0.1) is 0 Å². The Morgan fingerprint density at radius 3 is 2.18 bits per heavy atom. The summed E-state index contributed by atoms with van der Waals surface area (Å²) >= 11 is 0. The van der Waals surface area contributed by atoms with E-state index < -0.39 is 12.0 Å². The predicted molar refractivity (Wildman–Crippen MR) is 151 cm³/mol. The fraction of sp³-hybridized carbons (Fsp3) is 0.172. The molecule has 0 bridgehead atoms. The van der Waals surface area contributed by atoms with E-state index in [-0.39, 0.29) is 11.7 Å². The summed E-state index contributed by atoms with van der Waals surface area (Å²) in [5.74, 6) is -0.976.